The predicted octanol–water partition coefficient (Wildman–Crippen LogP) is 4.42. The van der Waals surface area contributed by atoms with Crippen LogP contribution in [-0.2, 0) is 16.1 Å². The molecule has 2 aromatic rings. The highest BCUT2D eigenvalue weighted by molar-refractivity contribution is 14.0. The first-order valence-electron chi connectivity index (χ1n) is 10.8. The quantitative estimate of drug-likeness (QED) is 0.209. The molecule has 1 aliphatic heterocycles. The fourth-order valence-corrected chi connectivity index (χ4v) is 3.43. The Balaban J connectivity index is 0.00000363. The summed E-state index contributed by atoms with van der Waals surface area (Å²) in [4.78, 5) is 18.3. The molecule has 1 heterocycles. The third-order valence-corrected chi connectivity index (χ3v) is 5.11. The van der Waals surface area contributed by atoms with Gasteiger partial charge >= 0.3 is 0 Å². The predicted molar refractivity (Wildman–Crippen MR) is 140 cm³/mol. The third kappa shape index (κ3) is 7.98. The third-order valence-electron chi connectivity index (χ3n) is 5.11. The maximum Gasteiger partial charge on any atom is 0.226 e. The van der Waals surface area contributed by atoms with E-state index in [1.54, 1.807) is 14.2 Å². The number of carbonyl (C=O) groups is 1. The van der Waals surface area contributed by atoms with Gasteiger partial charge in [0.05, 0.1) is 6.61 Å². The molecule has 0 radical (unpaired) electrons. The highest BCUT2D eigenvalue weighted by Crippen LogP contribution is 2.21. The molecular weight excluding hydrogens is 519 g/mol. The minimum absolute atomic E-state index is 0. The normalized spacial score (nSPS) is 14.0. The number of nitrogens with zero attached hydrogens (tertiary/aromatic N) is 2. The van der Waals surface area contributed by atoms with E-state index in [-0.39, 0.29) is 29.9 Å². The number of ether oxygens (including phenoxy) is 2. The van der Waals surface area contributed by atoms with Crippen LogP contribution in [0.4, 0.5) is 11.4 Å². The molecule has 0 aromatic heterocycles. The molecule has 1 amide bonds. The summed E-state index contributed by atoms with van der Waals surface area (Å²) < 4.78 is 10.8. The number of hydrogen-bond acceptors (Lipinski definition) is 4. The molecule has 7 nitrogen and oxygen atoms in total. The molecule has 8 heteroatoms. The standard InChI is InChI=1S/C24H32N4O3.HI/c1-25-24(27-20-7-5-8-22(17-20)31-16-6-15-30-2)26-18-19-10-12-21(13-11-19)28-14-4-3-9-23(28)29;/h5,7-8,10-13,17H,3-4,6,9,14-16,18H2,1-2H3,(H2,25,26,27);1H. The first kappa shape index (κ1) is 25.9. The van der Waals surface area contributed by atoms with Gasteiger partial charge in [0.25, 0.3) is 0 Å². The van der Waals surface area contributed by atoms with E-state index in [1.165, 1.54) is 0 Å². The Morgan fingerprint density at radius 2 is 1.94 bits per heavy atom. The fraction of sp³-hybridized carbons (Fsp3) is 0.417. The van der Waals surface area contributed by atoms with Gasteiger partial charge in [-0.2, -0.15) is 0 Å². The van der Waals surface area contributed by atoms with E-state index >= 15 is 0 Å². The molecule has 3 rings (SSSR count). The Hall–Kier alpha value is -2.33. The number of piperidine rings is 1. The van der Waals surface area contributed by atoms with Crippen LogP contribution in [0.3, 0.4) is 0 Å². The first-order valence-corrected chi connectivity index (χ1v) is 10.8. The topological polar surface area (TPSA) is 75.2 Å². The van der Waals surface area contributed by atoms with Gasteiger partial charge in [0, 0.05) is 64.1 Å². The summed E-state index contributed by atoms with van der Waals surface area (Å²) in [6.45, 7) is 2.73. The van der Waals surface area contributed by atoms with Crippen LogP contribution in [0.25, 0.3) is 0 Å². The summed E-state index contributed by atoms with van der Waals surface area (Å²) >= 11 is 0. The van der Waals surface area contributed by atoms with Gasteiger partial charge in [-0.15, -0.1) is 24.0 Å². The maximum absolute atomic E-state index is 12.1. The second-order valence-electron chi connectivity index (χ2n) is 7.44. The zero-order chi connectivity index (χ0) is 21.9. The van der Waals surface area contributed by atoms with Gasteiger partial charge in [-0.25, -0.2) is 0 Å². The maximum atomic E-state index is 12.1. The van der Waals surface area contributed by atoms with Crippen molar-refractivity contribution < 1.29 is 14.3 Å². The van der Waals surface area contributed by atoms with Gasteiger partial charge < -0.3 is 25.0 Å². The summed E-state index contributed by atoms with van der Waals surface area (Å²) in [5, 5.41) is 6.61. The molecule has 0 unspecified atom stereocenters. The van der Waals surface area contributed by atoms with E-state index in [1.807, 2.05) is 53.4 Å². The van der Waals surface area contributed by atoms with Crippen LogP contribution in [0.1, 0.15) is 31.2 Å². The number of methoxy groups -OCH3 is 1. The SMILES string of the molecule is CN=C(NCc1ccc(N2CCCCC2=O)cc1)Nc1cccc(OCCCOC)c1.I. The van der Waals surface area contributed by atoms with Crippen molar-refractivity contribution in [1.82, 2.24) is 5.32 Å². The molecule has 0 spiro atoms. The Bertz CT molecular complexity index is 874. The average Bonchev–Trinajstić information content (AvgIpc) is 2.80. The Morgan fingerprint density at radius 1 is 1.12 bits per heavy atom. The number of aliphatic imine (C=N–C) groups is 1. The van der Waals surface area contributed by atoms with Crippen molar-refractivity contribution in [2.75, 3.05) is 44.1 Å². The molecule has 0 aliphatic carbocycles. The van der Waals surface area contributed by atoms with Gasteiger partial charge in [-0.1, -0.05) is 18.2 Å². The van der Waals surface area contributed by atoms with Gasteiger partial charge in [-0.3, -0.25) is 9.79 Å². The van der Waals surface area contributed by atoms with Crippen molar-refractivity contribution in [2.45, 2.75) is 32.2 Å². The second kappa shape index (κ2) is 13.9. The largest absolute Gasteiger partial charge is 0.493 e. The van der Waals surface area contributed by atoms with Crippen LogP contribution in [0.15, 0.2) is 53.5 Å². The zero-order valence-corrected chi connectivity index (χ0v) is 21.1. The van der Waals surface area contributed by atoms with Crippen molar-refractivity contribution in [3.63, 3.8) is 0 Å². The summed E-state index contributed by atoms with van der Waals surface area (Å²) in [5.74, 6) is 1.69. The molecular formula is C24H33IN4O3. The van der Waals surface area contributed by atoms with Gasteiger partial charge in [0.1, 0.15) is 5.75 Å². The summed E-state index contributed by atoms with van der Waals surface area (Å²) in [5.41, 5.74) is 2.99. The second-order valence-corrected chi connectivity index (χ2v) is 7.44. The Morgan fingerprint density at radius 3 is 2.66 bits per heavy atom. The molecule has 2 aromatic carbocycles. The average molecular weight is 552 g/mol. The minimum atomic E-state index is 0. The number of hydrogen-bond donors (Lipinski definition) is 2. The highest BCUT2D eigenvalue weighted by atomic mass is 127. The number of nitrogens with one attached hydrogen (secondary N) is 2. The van der Waals surface area contributed by atoms with Gasteiger partial charge in [0.2, 0.25) is 5.91 Å². The molecule has 1 aliphatic rings. The summed E-state index contributed by atoms with van der Waals surface area (Å²) in [7, 11) is 3.43. The van der Waals surface area contributed by atoms with E-state index in [9.17, 15) is 4.79 Å². The lowest BCUT2D eigenvalue weighted by Gasteiger charge is -2.26. The number of halogens is 1. The zero-order valence-electron chi connectivity index (χ0n) is 18.8. The van der Waals surface area contributed by atoms with Crippen LogP contribution in [-0.4, -0.2) is 45.8 Å². The molecule has 2 N–H and O–H groups in total. The highest BCUT2D eigenvalue weighted by Gasteiger charge is 2.19. The molecule has 174 valence electrons. The van der Waals surface area contributed by atoms with Crippen molar-refractivity contribution >= 4 is 47.2 Å². The summed E-state index contributed by atoms with van der Waals surface area (Å²) in [6, 6.07) is 15.9. The van der Waals surface area contributed by atoms with E-state index in [0.29, 0.717) is 32.1 Å². The first-order chi connectivity index (χ1) is 15.2. The van der Waals surface area contributed by atoms with Crippen molar-refractivity contribution in [2.24, 2.45) is 4.99 Å². The molecule has 1 fully saturated rings. The van der Waals surface area contributed by atoms with Gasteiger partial charge in [-0.05, 0) is 42.7 Å². The van der Waals surface area contributed by atoms with Crippen LogP contribution >= 0.6 is 24.0 Å². The van der Waals surface area contributed by atoms with Crippen LogP contribution in [0.5, 0.6) is 5.75 Å². The molecule has 1 saturated heterocycles. The molecule has 32 heavy (non-hydrogen) atoms. The number of anilines is 2. The lowest BCUT2D eigenvalue weighted by molar-refractivity contribution is -0.119. The van der Waals surface area contributed by atoms with E-state index in [4.69, 9.17) is 9.47 Å². The lowest BCUT2D eigenvalue weighted by atomic mass is 10.1. The Labute approximate surface area is 207 Å². The smallest absolute Gasteiger partial charge is 0.226 e. The number of amides is 1. The van der Waals surface area contributed by atoms with Crippen molar-refractivity contribution in [1.29, 1.82) is 0 Å². The minimum Gasteiger partial charge on any atom is -0.493 e. The van der Waals surface area contributed by atoms with E-state index in [2.05, 4.69) is 15.6 Å². The number of guanidine groups is 1. The molecule has 0 saturated carbocycles. The number of rotatable bonds is 9. The lowest BCUT2D eigenvalue weighted by Crippen LogP contribution is -2.35. The van der Waals surface area contributed by atoms with Crippen molar-refractivity contribution in [3.05, 3.63) is 54.1 Å². The molecule has 0 bridgehead atoms. The monoisotopic (exact) mass is 552 g/mol. The Kier molecular flexibility index (Phi) is 11.3. The van der Waals surface area contributed by atoms with Crippen LogP contribution in [0, 0.1) is 0 Å². The van der Waals surface area contributed by atoms with Crippen LogP contribution < -0.4 is 20.3 Å². The fourth-order valence-electron chi connectivity index (χ4n) is 3.43. The summed E-state index contributed by atoms with van der Waals surface area (Å²) in [6.07, 6.45) is 3.55. The van der Waals surface area contributed by atoms with E-state index < -0.39 is 0 Å². The van der Waals surface area contributed by atoms with Gasteiger partial charge in [0.15, 0.2) is 5.96 Å². The number of benzene rings is 2. The van der Waals surface area contributed by atoms with E-state index in [0.717, 1.165) is 48.5 Å². The number of carbonyl (C=O) groups excluding carboxylic acids is 1. The van der Waals surface area contributed by atoms with Crippen LogP contribution in [0.2, 0.25) is 0 Å². The van der Waals surface area contributed by atoms with Crippen molar-refractivity contribution in [3.8, 4) is 5.75 Å². The molecule has 0 atom stereocenters.